The molecule has 1 heteroatoms. The molecule has 0 saturated carbocycles. The van der Waals surface area contributed by atoms with Crippen molar-refractivity contribution in [1.82, 2.24) is 0 Å². The topological polar surface area (TPSA) is 0 Å². The van der Waals surface area contributed by atoms with Crippen LogP contribution in [-0.2, 0) is 11.8 Å². The highest BCUT2D eigenvalue weighted by Gasteiger charge is 2.43. The van der Waals surface area contributed by atoms with Crippen molar-refractivity contribution in [1.29, 1.82) is 0 Å². The first-order valence-electron chi connectivity index (χ1n) is 19.5. The van der Waals surface area contributed by atoms with Crippen LogP contribution in [0.5, 0.6) is 0 Å². The summed E-state index contributed by atoms with van der Waals surface area (Å²) < 4.78 is 0. The van der Waals surface area contributed by atoms with Crippen molar-refractivity contribution < 1.29 is 0 Å². The van der Waals surface area contributed by atoms with Crippen LogP contribution in [0.1, 0.15) is 126 Å². The van der Waals surface area contributed by atoms with E-state index in [2.05, 4.69) is 141 Å². The number of benzene rings is 5. The maximum atomic E-state index is 2.49. The van der Waals surface area contributed by atoms with E-state index in [0.29, 0.717) is 0 Å². The molecule has 0 saturated heterocycles. The second-order valence-electron chi connectivity index (χ2n) is 14.3. The summed E-state index contributed by atoms with van der Waals surface area (Å²) in [5.41, 5.74) is 9.33. The molecule has 6 rings (SSSR count). The van der Waals surface area contributed by atoms with E-state index in [1.54, 1.807) is 11.1 Å². The third kappa shape index (κ3) is 8.30. The van der Waals surface area contributed by atoms with E-state index in [-0.39, 0.29) is 5.41 Å². The maximum Gasteiger partial charge on any atom is 0.0218 e. The SMILES string of the molecule is CCCCCCCCC1(CCCCCCCC)c2ccccc2-c2cccc(Cc3ccccc3P(c3ccccc3)c3ccccc3)c21. The second kappa shape index (κ2) is 18.0. The standard InChI is InChI=1S/C48H57P/c1-3-5-7-9-11-23-36-48(37-24-12-10-8-6-4-2)45-34-21-20-32-43(45)44-33-25-27-40(47(44)48)38-39-26-19-22-35-46(39)49(41-28-15-13-16-29-41)42-30-17-14-18-31-42/h13-22,25-35H,3-12,23-24,36-38H2,1-2H3. The molecule has 0 bridgehead atoms. The van der Waals surface area contributed by atoms with Crippen LogP contribution in [0.4, 0.5) is 0 Å². The number of hydrogen-bond donors (Lipinski definition) is 0. The molecular weight excluding hydrogens is 608 g/mol. The Morgan fingerprint density at radius 3 is 1.55 bits per heavy atom. The molecule has 254 valence electrons. The van der Waals surface area contributed by atoms with Crippen LogP contribution in [0.15, 0.2) is 127 Å². The summed E-state index contributed by atoms with van der Waals surface area (Å²) in [4.78, 5) is 0. The summed E-state index contributed by atoms with van der Waals surface area (Å²) in [5.74, 6) is 0. The number of rotatable bonds is 19. The molecule has 5 aromatic carbocycles. The zero-order valence-corrected chi connectivity index (χ0v) is 31.1. The second-order valence-corrected chi connectivity index (χ2v) is 16.5. The van der Waals surface area contributed by atoms with Gasteiger partial charge in [0.2, 0.25) is 0 Å². The summed E-state index contributed by atoms with van der Waals surface area (Å²) in [6.45, 7) is 4.65. The van der Waals surface area contributed by atoms with Gasteiger partial charge in [0.25, 0.3) is 0 Å². The maximum absolute atomic E-state index is 2.49. The molecule has 0 atom stereocenters. The van der Waals surface area contributed by atoms with Crippen molar-refractivity contribution in [2.75, 3.05) is 0 Å². The Balaban J connectivity index is 1.40. The van der Waals surface area contributed by atoms with Crippen LogP contribution in [0.2, 0.25) is 0 Å². The Labute approximate surface area is 299 Å². The number of hydrogen-bond acceptors (Lipinski definition) is 0. The predicted molar refractivity (Wildman–Crippen MR) is 217 cm³/mol. The summed E-state index contributed by atoms with van der Waals surface area (Å²) in [6.07, 6.45) is 19.7. The summed E-state index contributed by atoms with van der Waals surface area (Å²) in [6, 6.07) is 48.5. The highest BCUT2D eigenvalue weighted by molar-refractivity contribution is 7.79. The molecule has 0 aromatic heterocycles. The van der Waals surface area contributed by atoms with E-state index in [1.165, 1.54) is 128 Å². The highest BCUT2D eigenvalue weighted by atomic mass is 31.1. The van der Waals surface area contributed by atoms with Gasteiger partial charge in [0.1, 0.15) is 0 Å². The predicted octanol–water partition coefficient (Wildman–Crippen LogP) is 12.8. The lowest BCUT2D eigenvalue weighted by atomic mass is 9.69. The minimum atomic E-state index is -0.673. The Morgan fingerprint density at radius 1 is 0.429 bits per heavy atom. The third-order valence-corrected chi connectivity index (χ3v) is 13.5. The van der Waals surface area contributed by atoms with Gasteiger partial charge in [-0.15, -0.1) is 0 Å². The van der Waals surface area contributed by atoms with Gasteiger partial charge >= 0.3 is 0 Å². The van der Waals surface area contributed by atoms with E-state index in [1.807, 2.05) is 0 Å². The average Bonchev–Trinajstić information content (AvgIpc) is 3.43. The van der Waals surface area contributed by atoms with Crippen LogP contribution >= 0.6 is 7.92 Å². The fraction of sp³-hybridized carbons (Fsp3) is 0.375. The lowest BCUT2D eigenvalue weighted by Gasteiger charge is -2.35. The Morgan fingerprint density at radius 2 is 0.918 bits per heavy atom. The minimum Gasteiger partial charge on any atom is -0.0654 e. The van der Waals surface area contributed by atoms with Gasteiger partial charge in [0.05, 0.1) is 0 Å². The smallest absolute Gasteiger partial charge is 0.0218 e. The molecule has 0 N–H and O–H groups in total. The molecule has 0 spiro atoms. The van der Waals surface area contributed by atoms with E-state index < -0.39 is 7.92 Å². The van der Waals surface area contributed by atoms with Crippen LogP contribution in [0, 0.1) is 0 Å². The third-order valence-electron chi connectivity index (χ3n) is 10.9. The van der Waals surface area contributed by atoms with Crippen LogP contribution < -0.4 is 15.9 Å². The summed E-state index contributed by atoms with van der Waals surface area (Å²) in [5, 5.41) is 4.32. The zero-order valence-electron chi connectivity index (χ0n) is 30.2. The van der Waals surface area contributed by atoms with Crippen molar-refractivity contribution in [3.63, 3.8) is 0 Å². The number of unbranched alkanes of at least 4 members (excludes halogenated alkanes) is 10. The van der Waals surface area contributed by atoms with Gasteiger partial charge in [-0.2, -0.15) is 0 Å². The highest BCUT2D eigenvalue weighted by Crippen LogP contribution is 2.55. The number of fused-ring (bicyclic) bond motifs is 3. The van der Waals surface area contributed by atoms with Gasteiger partial charge in [-0.25, -0.2) is 0 Å². The van der Waals surface area contributed by atoms with E-state index >= 15 is 0 Å². The molecule has 0 aliphatic heterocycles. The van der Waals surface area contributed by atoms with E-state index in [9.17, 15) is 0 Å². The van der Waals surface area contributed by atoms with Crippen molar-refractivity contribution in [3.8, 4) is 11.1 Å². The molecule has 0 unspecified atom stereocenters. The minimum absolute atomic E-state index is 0.0938. The Bertz CT molecular complexity index is 1660. The van der Waals surface area contributed by atoms with Crippen molar-refractivity contribution in [2.24, 2.45) is 0 Å². The Kier molecular flexibility index (Phi) is 13.0. The van der Waals surface area contributed by atoms with E-state index in [4.69, 9.17) is 0 Å². The van der Waals surface area contributed by atoms with Gasteiger partial charge in [-0.1, -0.05) is 218 Å². The van der Waals surface area contributed by atoms with Crippen LogP contribution in [0.3, 0.4) is 0 Å². The lowest BCUT2D eigenvalue weighted by molar-refractivity contribution is 0.396. The van der Waals surface area contributed by atoms with Gasteiger partial charge in [0, 0.05) is 5.41 Å². The lowest BCUT2D eigenvalue weighted by Crippen LogP contribution is -2.28. The van der Waals surface area contributed by atoms with Crippen LogP contribution in [0.25, 0.3) is 11.1 Å². The van der Waals surface area contributed by atoms with Gasteiger partial charge in [-0.05, 0) is 76.5 Å². The Hall–Kier alpha value is -3.47. The molecular formula is C48H57P. The summed E-state index contributed by atoms with van der Waals surface area (Å²) >= 11 is 0. The van der Waals surface area contributed by atoms with Gasteiger partial charge in [-0.3, -0.25) is 0 Å². The van der Waals surface area contributed by atoms with Crippen molar-refractivity contribution >= 4 is 23.8 Å². The quantitative estimate of drug-likeness (QED) is 0.0609. The molecule has 49 heavy (non-hydrogen) atoms. The zero-order chi connectivity index (χ0) is 33.7. The first-order valence-corrected chi connectivity index (χ1v) is 20.8. The first kappa shape index (κ1) is 35.4. The molecule has 0 radical (unpaired) electrons. The normalized spacial score (nSPS) is 13.0. The molecule has 0 fully saturated rings. The van der Waals surface area contributed by atoms with Crippen molar-refractivity contribution in [2.45, 2.75) is 116 Å². The fourth-order valence-electron chi connectivity index (χ4n) is 8.53. The molecule has 0 nitrogen and oxygen atoms in total. The molecule has 0 amide bonds. The summed E-state index contributed by atoms with van der Waals surface area (Å²) in [7, 11) is -0.673. The van der Waals surface area contributed by atoms with Crippen molar-refractivity contribution in [3.05, 3.63) is 150 Å². The molecule has 5 aromatic rings. The van der Waals surface area contributed by atoms with Gasteiger partial charge < -0.3 is 0 Å². The first-order chi connectivity index (χ1) is 24.3. The van der Waals surface area contributed by atoms with Crippen LogP contribution in [-0.4, -0.2) is 0 Å². The average molecular weight is 665 g/mol. The monoisotopic (exact) mass is 664 g/mol. The van der Waals surface area contributed by atoms with Gasteiger partial charge in [0.15, 0.2) is 0 Å². The fourth-order valence-corrected chi connectivity index (χ4v) is 11.0. The van der Waals surface area contributed by atoms with E-state index in [0.717, 1.165) is 6.42 Å². The molecule has 0 heterocycles. The molecule has 1 aliphatic rings. The molecule has 1 aliphatic carbocycles. The largest absolute Gasteiger partial charge is 0.0654 e.